The summed E-state index contributed by atoms with van der Waals surface area (Å²) in [7, 11) is 0. The van der Waals surface area contributed by atoms with E-state index in [2.05, 4.69) is 12.1 Å². The van der Waals surface area contributed by atoms with Crippen molar-refractivity contribution in [2.24, 2.45) is 0 Å². The quantitative estimate of drug-likeness (QED) is 0.457. The van der Waals surface area contributed by atoms with Crippen LogP contribution in [0.1, 0.15) is 44.1 Å². The highest BCUT2D eigenvalue weighted by Gasteiger charge is 2.46. The third-order valence-corrected chi connectivity index (χ3v) is 4.06. The van der Waals surface area contributed by atoms with Gasteiger partial charge in [-0.2, -0.15) is 0 Å². The van der Waals surface area contributed by atoms with Gasteiger partial charge in [0.25, 0.3) is 0 Å². The lowest BCUT2D eigenvalue weighted by Crippen LogP contribution is -2.20. The Morgan fingerprint density at radius 1 is 1.28 bits per heavy atom. The van der Waals surface area contributed by atoms with Gasteiger partial charge in [0.15, 0.2) is 0 Å². The van der Waals surface area contributed by atoms with Crippen LogP contribution in [-0.4, -0.2) is 18.2 Å². The molecular weight excluding hydrogens is 228 g/mol. The molecule has 3 rings (SSSR count). The highest BCUT2D eigenvalue weighted by Crippen LogP contribution is 2.46. The van der Waals surface area contributed by atoms with E-state index in [4.69, 9.17) is 9.47 Å². The Labute approximate surface area is 107 Å². The van der Waals surface area contributed by atoms with Crippen molar-refractivity contribution in [3.05, 3.63) is 29.8 Å². The number of esters is 1. The number of benzene rings is 1. The van der Waals surface area contributed by atoms with Crippen LogP contribution in [0.25, 0.3) is 0 Å². The van der Waals surface area contributed by atoms with Crippen molar-refractivity contribution in [1.29, 1.82) is 0 Å². The zero-order valence-electron chi connectivity index (χ0n) is 10.6. The van der Waals surface area contributed by atoms with Crippen molar-refractivity contribution >= 4 is 5.97 Å². The van der Waals surface area contributed by atoms with Crippen molar-refractivity contribution in [3.8, 4) is 5.75 Å². The molecule has 3 heteroatoms. The van der Waals surface area contributed by atoms with Gasteiger partial charge >= 0.3 is 5.97 Å². The predicted octanol–water partition coefficient (Wildman–Crippen LogP) is 3.04. The van der Waals surface area contributed by atoms with E-state index in [0.29, 0.717) is 11.7 Å². The van der Waals surface area contributed by atoms with Crippen molar-refractivity contribution in [3.63, 3.8) is 0 Å². The van der Waals surface area contributed by atoms with Gasteiger partial charge in [0, 0.05) is 6.92 Å². The fourth-order valence-corrected chi connectivity index (χ4v) is 2.84. The van der Waals surface area contributed by atoms with Crippen molar-refractivity contribution in [2.45, 2.75) is 44.1 Å². The molecule has 1 aliphatic carbocycles. The molecular formula is C15H18O3. The summed E-state index contributed by atoms with van der Waals surface area (Å²) in [5, 5.41) is 0. The average Bonchev–Trinajstić information content (AvgIpc) is 3.10. The summed E-state index contributed by atoms with van der Waals surface area (Å²) < 4.78 is 10.6. The summed E-state index contributed by atoms with van der Waals surface area (Å²) in [6, 6.07) is 7.92. The Morgan fingerprint density at radius 2 is 1.89 bits per heavy atom. The Hall–Kier alpha value is -1.35. The maximum atomic E-state index is 10.8. The number of ether oxygens (including phenoxy) is 2. The van der Waals surface area contributed by atoms with E-state index >= 15 is 0 Å². The molecule has 0 bridgehead atoms. The Morgan fingerprint density at radius 3 is 2.39 bits per heavy atom. The van der Waals surface area contributed by atoms with E-state index in [9.17, 15) is 4.79 Å². The van der Waals surface area contributed by atoms with Crippen LogP contribution >= 0.6 is 0 Å². The third kappa shape index (κ3) is 2.41. The van der Waals surface area contributed by atoms with Crippen LogP contribution in [0.3, 0.4) is 0 Å². The molecule has 0 atom stereocenters. The standard InChI is InChI=1S/C15H18O3/c1-11(16)18-14-4-2-12(3-5-14)13-6-8-15(9-7-13)10-17-15/h2-5,13H,6-10H2,1H3. The zero-order valence-corrected chi connectivity index (χ0v) is 10.6. The SMILES string of the molecule is CC(=O)Oc1ccc(C2CCC3(CC2)CO3)cc1. The number of rotatable bonds is 2. The molecule has 3 nitrogen and oxygen atoms in total. The summed E-state index contributed by atoms with van der Waals surface area (Å²) in [4.78, 5) is 10.8. The van der Waals surface area contributed by atoms with Crippen LogP contribution in [-0.2, 0) is 9.53 Å². The lowest BCUT2D eigenvalue weighted by molar-refractivity contribution is -0.131. The van der Waals surface area contributed by atoms with Crippen LogP contribution in [0.5, 0.6) is 5.75 Å². The Balaban J connectivity index is 1.64. The molecule has 2 aliphatic rings. The summed E-state index contributed by atoms with van der Waals surface area (Å²) in [6.45, 7) is 2.38. The van der Waals surface area contributed by atoms with Gasteiger partial charge < -0.3 is 9.47 Å². The van der Waals surface area contributed by atoms with Crippen LogP contribution in [0.4, 0.5) is 0 Å². The van der Waals surface area contributed by atoms with Gasteiger partial charge in [-0.1, -0.05) is 12.1 Å². The predicted molar refractivity (Wildman–Crippen MR) is 67.6 cm³/mol. The summed E-state index contributed by atoms with van der Waals surface area (Å²) in [5.74, 6) is 0.989. The minimum atomic E-state index is -0.270. The molecule has 1 aromatic rings. The third-order valence-electron chi connectivity index (χ3n) is 4.06. The maximum absolute atomic E-state index is 10.8. The Bertz CT molecular complexity index is 435. The molecule has 1 saturated carbocycles. The zero-order chi connectivity index (χ0) is 12.6. The van der Waals surface area contributed by atoms with Gasteiger partial charge in [-0.15, -0.1) is 0 Å². The van der Waals surface area contributed by atoms with E-state index in [1.807, 2.05) is 12.1 Å². The fourth-order valence-electron chi connectivity index (χ4n) is 2.84. The largest absolute Gasteiger partial charge is 0.427 e. The second-order valence-electron chi connectivity index (χ2n) is 5.41. The van der Waals surface area contributed by atoms with Gasteiger partial charge in [-0.25, -0.2) is 0 Å². The van der Waals surface area contributed by atoms with Gasteiger partial charge in [-0.05, 0) is 49.3 Å². The minimum Gasteiger partial charge on any atom is -0.427 e. The minimum absolute atomic E-state index is 0.258. The normalized spacial score (nSPS) is 30.2. The van der Waals surface area contributed by atoms with Gasteiger partial charge in [0.05, 0.1) is 12.2 Å². The van der Waals surface area contributed by atoms with Crippen molar-refractivity contribution in [2.75, 3.05) is 6.61 Å². The highest BCUT2D eigenvalue weighted by molar-refractivity contribution is 5.69. The number of hydrogen-bond donors (Lipinski definition) is 0. The lowest BCUT2D eigenvalue weighted by Gasteiger charge is -2.26. The van der Waals surface area contributed by atoms with E-state index in [-0.39, 0.29) is 11.6 Å². The van der Waals surface area contributed by atoms with E-state index in [1.165, 1.54) is 38.2 Å². The first-order valence-electron chi connectivity index (χ1n) is 6.59. The first-order chi connectivity index (χ1) is 8.67. The van der Waals surface area contributed by atoms with Gasteiger partial charge in [0.1, 0.15) is 5.75 Å². The number of epoxide rings is 1. The summed E-state index contributed by atoms with van der Waals surface area (Å²) in [6.07, 6.45) is 4.77. The van der Waals surface area contributed by atoms with Crippen LogP contribution in [0, 0.1) is 0 Å². The second kappa shape index (κ2) is 4.39. The molecule has 1 spiro atoms. The lowest BCUT2D eigenvalue weighted by atomic mass is 9.79. The molecule has 18 heavy (non-hydrogen) atoms. The van der Waals surface area contributed by atoms with Crippen LogP contribution in [0.2, 0.25) is 0 Å². The van der Waals surface area contributed by atoms with Gasteiger partial charge in [0.2, 0.25) is 0 Å². The smallest absolute Gasteiger partial charge is 0.308 e. The molecule has 1 saturated heterocycles. The number of carbonyl (C=O) groups excluding carboxylic acids is 1. The Kier molecular flexibility index (Phi) is 2.86. The molecule has 1 aliphatic heterocycles. The molecule has 0 N–H and O–H groups in total. The van der Waals surface area contributed by atoms with E-state index in [1.54, 1.807) is 0 Å². The van der Waals surface area contributed by atoms with Crippen molar-refractivity contribution in [1.82, 2.24) is 0 Å². The van der Waals surface area contributed by atoms with E-state index in [0.717, 1.165) is 6.61 Å². The molecule has 2 fully saturated rings. The highest BCUT2D eigenvalue weighted by atomic mass is 16.6. The van der Waals surface area contributed by atoms with Crippen molar-refractivity contribution < 1.29 is 14.3 Å². The first kappa shape index (κ1) is 11.7. The molecule has 1 aromatic carbocycles. The average molecular weight is 246 g/mol. The summed E-state index contributed by atoms with van der Waals surface area (Å²) >= 11 is 0. The van der Waals surface area contributed by atoms with Crippen LogP contribution < -0.4 is 4.74 Å². The molecule has 0 amide bonds. The summed E-state index contributed by atoms with van der Waals surface area (Å²) in [5.41, 5.74) is 1.61. The molecule has 0 aromatic heterocycles. The molecule has 0 unspecified atom stereocenters. The first-order valence-corrected chi connectivity index (χ1v) is 6.59. The van der Waals surface area contributed by atoms with E-state index < -0.39 is 0 Å². The molecule has 0 radical (unpaired) electrons. The number of hydrogen-bond acceptors (Lipinski definition) is 3. The van der Waals surface area contributed by atoms with Gasteiger partial charge in [-0.3, -0.25) is 4.79 Å². The number of carbonyl (C=O) groups is 1. The van der Waals surface area contributed by atoms with Crippen LogP contribution in [0.15, 0.2) is 24.3 Å². The second-order valence-corrected chi connectivity index (χ2v) is 5.41. The molecule has 96 valence electrons. The topological polar surface area (TPSA) is 38.8 Å². The fraction of sp³-hybridized carbons (Fsp3) is 0.533. The monoisotopic (exact) mass is 246 g/mol. The molecule has 1 heterocycles. The maximum Gasteiger partial charge on any atom is 0.308 e.